The summed E-state index contributed by atoms with van der Waals surface area (Å²) in [5.41, 5.74) is 2.16. The summed E-state index contributed by atoms with van der Waals surface area (Å²) in [5, 5.41) is 6.75. The second kappa shape index (κ2) is 9.32. The first-order chi connectivity index (χ1) is 17.2. The van der Waals surface area contributed by atoms with E-state index in [1.165, 1.54) is 0 Å². The van der Waals surface area contributed by atoms with E-state index in [1.54, 1.807) is 23.7 Å². The van der Waals surface area contributed by atoms with Gasteiger partial charge in [-0.2, -0.15) is 0 Å². The zero-order chi connectivity index (χ0) is 23.6. The quantitative estimate of drug-likeness (QED) is 0.345. The molecule has 0 atom stereocenters. The number of aromatic nitrogens is 2. The van der Waals surface area contributed by atoms with E-state index in [9.17, 15) is 4.79 Å². The topological polar surface area (TPSA) is 76.6 Å². The molecule has 2 aromatic carbocycles. The maximum absolute atomic E-state index is 13.1. The summed E-state index contributed by atoms with van der Waals surface area (Å²) < 4.78 is 12.6. The second-order valence-electron chi connectivity index (χ2n) is 8.19. The molecular formula is C27H22N4O3S. The van der Waals surface area contributed by atoms with Crippen LogP contribution < -0.4 is 15.0 Å². The minimum absolute atomic E-state index is 0.181. The molecule has 5 aromatic rings. The summed E-state index contributed by atoms with van der Waals surface area (Å²) in [6, 6.07) is 19.1. The molecule has 4 heterocycles. The molecule has 0 bridgehead atoms. The predicted octanol–water partition coefficient (Wildman–Crippen LogP) is 5.73. The fourth-order valence-corrected chi connectivity index (χ4v) is 5.02. The van der Waals surface area contributed by atoms with Crippen LogP contribution in [0.2, 0.25) is 0 Å². The number of nitrogens with one attached hydrogen (secondary N) is 1. The highest BCUT2D eigenvalue weighted by atomic mass is 32.1. The first kappa shape index (κ1) is 21.5. The summed E-state index contributed by atoms with van der Waals surface area (Å²) in [7, 11) is 0. The number of carbonyl (C=O) groups is 1. The highest BCUT2D eigenvalue weighted by Crippen LogP contribution is 2.34. The molecule has 35 heavy (non-hydrogen) atoms. The van der Waals surface area contributed by atoms with Gasteiger partial charge in [0.25, 0.3) is 5.91 Å². The average Bonchev–Trinajstić information content (AvgIpc) is 3.39. The van der Waals surface area contributed by atoms with Crippen molar-refractivity contribution in [3.63, 3.8) is 0 Å². The lowest BCUT2D eigenvalue weighted by Crippen LogP contribution is -2.36. The lowest BCUT2D eigenvalue weighted by molar-refractivity contribution is 0.102. The standard InChI is InChI=1S/C27H22N4O3S/c32-27(30-19-4-7-25(29-17-19)31-11-13-33-14-12-31)22-3-1-2-18-16-20(5-6-21(18)22)34-24-8-10-28-23-9-15-35-26(23)24/h1-10,15-17H,11-14H2,(H,30,32). The van der Waals surface area contributed by atoms with Gasteiger partial charge in [0.15, 0.2) is 0 Å². The highest BCUT2D eigenvalue weighted by molar-refractivity contribution is 7.17. The van der Waals surface area contributed by atoms with Gasteiger partial charge in [0.1, 0.15) is 17.3 Å². The number of thiophene rings is 1. The minimum atomic E-state index is -0.181. The van der Waals surface area contributed by atoms with Crippen LogP contribution in [0, 0.1) is 0 Å². The van der Waals surface area contributed by atoms with Gasteiger partial charge in [-0.3, -0.25) is 9.78 Å². The van der Waals surface area contributed by atoms with E-state index in [0.29, 0.717) is 30.2 Å². The van der Waals surface area contributed by atoms with Crippen LogP contribution in [-0.2, 0) is 4.74 Å². The van der Waals surface area contributed by atoms with Crippen molar-refractivity contribution in [2.24, 2.45) is 0 Å². The average molecular weight is 483 g/mol. The van der Waals surface area contributed by atoms with E-state index in [4.69, 9.17) is 9.47 Å². The van der Waals surface area contributed by atoms with Crippen LogP contribution in [0.5, 0.6) is 11.5 Å². The molecule has 7 nitrogen and oxygen atoms in total. The Morgan fingerprint density at radius 2 is 1.94 bits per heavy atom. The third-order valence-electron chi connectivity index (χ3n) is 5.97. The maximum Gasteiger partial charge on any atom is 0.256 e. The molecule has 3 aromatic heterocycles. The molecule has 174 valence electrons. The van der Waals surface area contributed by atoms with E-state index in [0.717, 1.165) is 45.6 Å². The van der Waals surface area contributed by atoms with Crippen molar-refractivity contribution >= 4 is 49.7 Å². The number of pyridine rings is 2. The SMILES string of the molecule is O=C(Nc1ccc(N2CCOCC2)nc1)c1cccc2cc(Oc3ccnc4ccsc34)ccc12. The summed E-state index contributed by atoms with van der Waals surface area (Å²) in [6.07, 6.45) is 3.44. The van der Waals surface area contributed by atoms with Crippen molar-refractivity contribution in [3.05, 3.63) is 84.0 Å². The molecule has 8 heteroatoms. The number of benzene rings is 2. The van der Waals surface area contributed by atoms with Gasteiger partial charge in [0.2, 0.25) is 0 Å². The van der Waals surface area contributed by atoms with Crippen LogP contribution in [0.3, 0.4) is 0 Å². The smallest absolute Gasteiger partial charge is 0.256 e. The third-order valence-corrected chi connectivity index (χ3v) is 6.89. The number of hydrogen-bond acceptors (Lipinski definition) is 7. The van der Waals surface area contributed by atoms with Gasteiger partial charge in [-0.05, 0) is 58.6 Å². The number of ether oxygens (including phenoxy) is 2. The van der Waals surface area contributed by atoms with E-state index >= 15 is 0 Å². The molecule has 1 aliphatic heterocycles. The molecule has 1 saturated heterocycles. The van der Waals surface area contributed by atoms with Crippen LogP contribution in [0.4, 0.5) is 11.5 Å². The summed E-state index contributed by atoms with van der Waals surface area (Å²) in [6.45, 7) is 3.05. The van der Waals surface area contributed by atoms with Crippen molar-refractivity contribution in [2.45, 2.75) is 0 Å². The zero-order valence-corrected chi connectivity index (χ0v) is 19.6. The molecule has 0 saturated carbocycles. The van der Waals surface area contributed by atoms with Crippen LogP contribution in [0.25, 0.3) is 21.0 Å². The van der Waals surface area contributed by atoms with Crippen LogP contribution in [-0.4, -0.2) is 42.2 Å². The van der Waals surface area contributed by atoms with Gasteiger partial charge >= 0.3 is 0 Å². The molecule has 1 amide bonds. The van der Waals surface area contributed by atoms with Crippen molar-refractivity contribution in [1.82, 2.24) is 9.97 Å². The van der Waals surface area contributed by atoms with Crippen molar-refractivity contribution < 1.29 is 14.3 Å². The first-order valence-corrected chi connectivity index (χ1v) is 12.3. The van der Waals surface area contributed by atoms with E-state index in [2.05, 4.69) is 20.2 Å². The summed E-state index contributed by atoms with van der Waals surface area (Å²) in [5.74, 6) is 2.18. The number of amides is 1. The molecule has 1 fully saturated rings. The number of carbonyl (C=O) groups excluding carboxylic acids is 1. The first-order valence-electron chi connectivity index (χ1n) is 11.4. The molecule has 6 rings (SSSR count). The Morgan fingerprint density at radius 1 is 1.03 bits per heavy atom. The highest BCUT2D eigenvalue weighted by Gasteiger charge is 2.14. The normalized spacial score (nSPS) is 13.8. The number of morpholine rings is 1. The molecular weight excluding hydrogens is 460 g/mol. The number of rotatable bonds is 5. The summed E-state index contributed by atoms with van der Waals surface area (Å²) >= 11 is 1.60. The monoisotopic (exact) mass is 482 g/mol. The Morgan fingerprint density at radius 3 is 2.80 bits per heavy atom. The number of nitrogens with zero attached hydrogens (tertiary/aromatic N) is 3. The van der Waals surface area contributed by atoms with Gasteiger partial charge in [0, 0.05) is 30.9 Å². The molecule has 0 radical (unpaired) electrons. The fraction of sp³-hybridized carbons (Fsp3) is 0.148. The zero-order valence-electron chi connectivity index (χ0n) is 18.8. The number of fused-ring (bicyclic) bond motifs is 2. The Hall–Kier alpha value is -4.01. The lowest BCUT2D eigenvalue weighted by atomic mass is 10.0. The Balaban J connectivity index is 1.21. The van der Waals surface area contributed by atoms with Gasteiger partial charge in [-0.15, -0.1) is 11.3 Å². The summed E-state index contributed by atoms with van der Waals surface area (Å²) in [4.78, 5) is 24.2. The Labute approximate surface area is 206 Å². The number of anilines is 2. The molecule has 0 aliphatic carbocycles. The van der Waals surface area contributed by atoms with Crippen molar-refractivity contribution in [2.75, 3.05) is 36.5 Å². The van der Waals surface area contributed by atoms with Crippen molar-refractivity contribution in [1.29, 1.82) is 0 Å². The Kier molecular flexibility index (Phi) is 5.73. The van der Waals surface area contributed by atoms with Gasteiger partial charge in [-0.1, -0.05) is 12.1 Å². The largest absolute Gasteiger partial charge is 0.456 e. The van der Waals surface area contributed by atoms with Gasteiger partial charge < -0.3 is 19.7 Å². The molecule has 0 spiro atoms. The van der Waals surface area contributed by atoms with Crippen molar-refractivity contribution in [3.8, 4) is 11.5 Å². The van der Waals surface area contributed by atoms with Gasteiger partial charge in [-0.25, -0.2) is 4.98 Å². The van der Waals surface area contributed by atoms with Crippen LogP contribution in [0.15, 0.2) is 78.4 Å². The molecule has 0 unspecified atom stereocenters. The van der Waals surface area contributed by atoms with E-state index in [-0.39, 0.29) is 5.91 Å². The predicted molar refractivity (Wildman–Crippen MR) is 139 cm³/mol. The van der Waals surface area contributed by atoms with Crippen LogP contribution in [0.1, 0.15) is 10.4 Å². The van der Waals surface area contributed by atoms with E-state index < -0.39 is 0 Å². The minimum Gasteiger partial charge on any atom is -0.456 e. The van der Waals surface area contributed by atoms with E-state index in [1.807, 2.05) is 66.0 Å². The van der Waals surface area contributed by atoms with Gasteiger partial charge in [0.05, 0.1) is 35.3 Å². The number of hydrogen-bond donors (Lipinski definition) is 1. The molecule has 1 aliphatic rings. The van der Waals surface area contributed by atoms with Crippen LogP contribution >= 0.6 is 11.3 Å². The fourth-order valence-electron chi connectivity index (χ4n) is 4.22. The maximum atomic E-state index is 13.1. The Bertz CT molecular complexity index is 1510. The third kappa shape index (κ3) is 4.41. The second-order valence-corrected chi connectivity index (χ2v) is 9.11. The lowest BCUT2D eigenvalue weighted by Gasteiger charge is -2.27. The molecule has 1 N–H and O–H groups in total.